The molecule has 132 valence electrons. The molecule has 0 bridgehead atoms. The standard InChI is InChI=1S/C20H21N5O/c1-14-7-6-12-21-19(14)15(2)23-20(26)25-18-11-10-17(13-22-18)24-16-8-4-3-5-9-16/h3-13,15,24H,1-2H3,(H2,22,23,25,26). The molecule has 2 heterocycles. The van der Waals surface area contributed by atoms with Gasteiger partial charge in [0.25, 0.3) is 0 Å². The molecule has 3 rings (SSSR count). The van der Waals surface area contributed by atoms with Crippen molar-refractivity contribution in [3.8, 4) is 0 Å². The first-order valence-corrected chi connectivity index (χ1v) is 8.39. The van der Waals surface area contributed by atoms with Gasteiger partial charge in [0.15, 0.2) is 0 Å². The SMILES string of the molecule is Cc1cccnc1C(C)NC(=O)Nc1ccc(Nc2ccccc2)cn1. The van der Waals surface area contributed by atoms with Crippen LogP contribution in [0.25, 0.3) is 0 Å². The smallest absolute Gasteiger partial charge is 0.320 e. The van der Waals surface area contributed by atoms with E-state index in [1.807, 2.05) is 62.4 Å². The van der Waals surface area contributed by atoms with Gasteiger partial charge in [0, 0.05) is 11.9 Å². The van der Waals surface area contributed by atoms with E-state index < -0.39 is 0 Å². The molecule has 0 spiro atoms. The zero-order chi connectivity index (χ0) is 18.4. The van der Waals surface area contributed by atoms with Gasteiger partial charge >= 0.3 is 6.03 Å². The Morgan fingerprint density at radius 1 is 0.962 bits per heavy atom. The van der Waals surface area contributed by atoms with Crippen molar-refractivity contribution in [3.05, 3.63) is 78.2 Å². The van der Waals surface area contributed by atoms with Crippen LogP contribution in [0, 0.1) is 6.92 Å². The molecule has 0 saturated carbocycles. The fourth-order valence-corrected chi connectivity index (χ4v) is 2.60. The number of carbonyl (C=O) groups is 1. The molecule has 0 saturated heterocycles. The number of pyridine rings is 2. The lowest BCUT2D eigenvalue weighted by atomic mass is 10.1. The second kappa shape index (κ2) is 8.11. The Labute approximate surface area is 152 Å². The molecule has 6 heteroatoms. The summed E-state index contributed by atoms with van der Waals surface area (Å²) in [6.45, 7) is 3.87. The highest BCUT2D eigenvalue weighted by atomic mass is 16.2. The van der Waals surface area contributed by atoms with Crippen molar-refractivity contribution >= 4 is 23.2 Å². The molecule has 6 nitrogen and oxygen atoms in total. The molecule has 26 heavy (non-hydrogen) atoms. The second-order valence-electron chi connectivity index (χ2n) is 5.95. The Bertz CT molecular complexity index is 865. The summed E-state index contributed by atoms with van der Waals surface area (Å²) in [4.78, 5) is 20.8. The molecular formula is C20H21N5O. The summed E-state index contributed by atoms with van der Waals surface area (Å²) >= 11 is 0. The summed E-state index contributed by atoms with van der Waals surface area (Å²) in [5, 5.41) is 8.85. The third-order valence-electron chi connectivity index (χ3n) is 3.88. The van der Waals surface area contributed by atoms with Crippen LogP contribution in [0.3, 0.4) is 0 Å². The van der Waals surface area contributed by atoms with E-state index in [0.29, 0.717) is 5.82 Å². The van der Waals surface area contributed by atoms with Crippen molar-refractivity contribution in [1.29, 1.82) is 0 Å². The molecule has 0 aliphatic carbocycles. The van der Waals surface area contributed by atoms with Crippen molar-refractivity contribution in [2.24, 2.45) is 0 Å². The second-order valence-corrected chi connectivity index (χ2v) is 5.95. The van der Waals surface area contributed by atoms with Crippen LogP contribution < -0.4 is 16.0 Å². The van der Waals surface area contributed by atoms with Crippen LogP contribution in [-0.2, 0) is 0 Å². The van der Waals surface area contributed by atoms with Gasteiger partial charge < -0.3 is 10.6 Å². The minimum Gasteiger partial charge on any atom is -0.354 e. The molecule has 3 N–H and O–H groups in total. The fraction of sp³-hybridized carbons (Fsp3) is 0.150. The third kappa shape index (κ3) is 4.57. The highest BCUT2D eigenvalue weighted by Gasteiger charge is 2.13. The Balaban J connectivity index is 1.57. The Kier molecular flexibility index (Phi) is 5.43. The monoisotopic (exact) mass is 347 g/mol. The van der Waals surface area contributed by atoms with Gasteiger partial charge in [-0.3, -0.25) is 10.3 Å². The largest absolute Gasteiger partial charge is 0.354 e. The number of para-hydroxylation sites is 1. The predicted octanol–water partition coefficient (Wildman–Crippen LogP) is 4.41. The van der Waals surface area contributed by atoms with Crippen molar-refractivity contribution in [1.82, 2.24) is 15.3 Å². The molecule has 2 aromatic heterocycles. The highest BCUT2D eigenvalue weighted by molar-refractivity contribution is 5.88. The van der Waals surface area contributed by atoms with E-state index in [1.165, 1.54) is 0 Å². The molecule has 3 aromatic rings. The van der Waals surface area contributed by atoms with Crippen molar-refractivity contribution in [2.45, 2.75) is 19.9 Å². The minimum atomic E-state index is -0.321. The van der Waals surface area contributed by atoms with Gasteiger partial charge in [-0.1, -0.05) is 24.3 Å². The van der Waals surface area contributed by atoms with Crippen LogP contribution in [0.1, 0.15) is 24.2 Å². The Hall–Kier alpha value is -3.41. The average molecular weight is 347 g/mol. The maximum atomic E-state index is 12.2. The normalized spacial score (nSPS) is 11.5. The molecule has 0 aliphatic heterocycles. The Morgan fingerprint density at radius 3 is 2.46 bits per heavy atom. The van der Waals surface area contributed by atoms with Crippen molar-refractivity contribution in [2.75, 3.05) is 10.6 Å². The number of urea groups is 1. The van der Waals surface area contributed by atoms with Crippen LogP contribution in [0.4, 0.5) is 22.0 Å². The number of aryl methyl sites for hydroxylation is 1. The summed E-state index contributed by atoms with van der Waals surface area (Å²) in [7, 11) is 0. The van der Waals surface area contributed by atoms with Gasteiger partial charge in [-0.05, 0) is 49.7 Å². The van der Waals surface area contributed by atoms with Gasteiger partial charge in [-0.2, -0.15) is 0 Å². The molecule has 0 radical (unpaired) electrons. The number of rotatable bonds is 5. The van der Waals surface area contributed by atoms with Crippen LogP contribution in [0.5, 0.6) is 0 Å². The maximum Gasteiger partial charge on any atom is 0.320 e. The molecular weight excluding hydrogens is 326 g/mol. The van der Waals surface area contributed by atoms with E-state index >= 15 is 0 Å². The number of aromatic nitrogens is 2. The summed E-state index contributed by atoms with van der Waals surface area (Å²) in [5.74, 6) is 0.478. The number of nitrogens with zero attached hydrogens (tertiary/aromatic N) is 2. The van der Waals surface area contributed by atoms with Crippen molar-refractivity contribution in [3.63, 3.8) is 0 Å². The van der Waals surface area contributed by atoms with E-state index in [1.54, 1.807) is 18.5 Å². The zero-order valence-corrected chi connectivity index (χ0v) is 14.7. The topological polar surface area (TPSA) is 78.9 Å². The lowest BCUT2D eigenvalue weighted by Crippen LogP contribution is -2.32. The number of carbonyl (C=O) groups excluding carboxylic acids is 1. The molecule has 1 atom stereocenters. The van der Waals surface area contributed by atoms with Gasteiger partial charge in [-0.25, -0.2) is 9.78 Å². The minimum absolute atomic E-state index is 0.199. The first-order valence-electron chi connectivity index (χ1n) is 8.39. The quantitative estimate of drug-likeness (QED) is 0.639. The van der Waals surface area contributed by atoms with Crippen LogP contribution in [0.2, 0.25) is 0 Å². The zero-order valence-electron chi connectivity index (χ0n) is 14.7. The number of benzene rings is 1. The molecule has 2 amide bonds. The number of amides is 2. The summed E-state index contributed by atoms with van der Waals surface area (Å²) in [5.41, 5.74) is 3.71. The number of hydrogen-bond donors (Lipinski definition) is 3. The number of anilines is 3. The average Bonchev–Trinajstić information content (AvgIpc) is 2.64. The molecule has 1 unspecified atom stereocenters. The van der Waals surface area contributed by atoms with Gasteiger partial charge in [-0.15, -0.1) is 0 Å². The predicted molar refractivity (Wildman–Crippen MR) is 104 cm³/mol. The lowest BCUT2D eigenvalue weighted by molar-refractivity contribution is 0.249. The van der Waals surface area contributed by atoms with Gasteiger partial charge in [0.05, 0.1) is 23.6 Å². The van der Waals surface area contributed by atoms with E-state index in [-0.39, 0.29) is 12.1 Å². The van der Waals surface area contributed by atoms with E-state index in [2.05, 4.69) is 25.9 Å². The van der Waals surface area contributed by atoms with E-state index in [0.717, 1.165) is 22.6 Å². The first kappa shape index (κ1) is 17.4. The number of hydrogen-bond acceptors (Lipinski definition) is 4. The van der Waals surface area contributed by atoms with Crippen LogP contribution in [-0.4, -0.2) is 16.0 Å². The summed E-state index contributed by atoms with van der Waals surface area (Å²) in [6.07, 6.45) is 3.40. The number of nitrogens with one attached hydrogen (secondary N) is 3. The van der Waals surface area contributed by atoms with Gasteiger partial charge in [0.1, 0.15) is 5.82 Å². The first-order chi connectivity index (χ1) is 12.6. The molecule has 0 fully saturated rings. The lowest BCUT2D eigenvalue weighted by Gasteiger charge is -2.15. The summed E-state index contributed by atoms with van der Waals surface area (Å²) in [6, 6.07) is 16.8. The van der Waals surface area contributed by atoms with Crippen molar-refractivity contribution < 1.29 is 4.79 Å². The van der Waals surface area contributed by atoms with E-state index in [4.69, 9.17) is 0 Å². The van der Waals surface area contributed by atoms with Crippen LogP contribution >= 0.6 is 0 Å². The summed E-state index contributed by atoms with van der Waals surface area (Å²) < 4.78 is 0. The molecule has 1 aromatic carbocycles. The van der Waals surface area contributed by atoms with Crippen LogP contribution in [0.15, 0.2) is 67.0 Å². The Morgan fingerprint density at radius 2 is 1.77 bits per heavy atom. The third-order valence-corrected chi connectivity index (χ3v) is 3.88. The van der Waals surface area contributed by atoms with E-state index in [9.17, 15) is 4.79 Å². The fourth-order valence-electron chi connectivity index (χ4n) is 2.60. The maximum absolute atomic E-state index is 12.2. The van der Waals surface area contributed by atoms with Gasteiger partial charge in [0.2, 0.25) is 0 Å². The molecule has 0 aliphatic rings. The highest BCUT2D eigenvalue weighted by Crippen LogP contribution is 2.17.